The van der Waals surface area contributed by atoms with Crippen molar-refractivity contribution in [2.24, 2.45) is 14.1 Å². The van der Waals surface area contributed by atoms with Crippen LogP contribution in [-0.2, 0) is 14.1 Å². The van der Waals surface area contributed by atoms with Crippen molar-refractivity contribution in [3.05, 3.63) is 77.9 Å². The molecule has 0 saturated heterocycles. The second-order valence-electron chi connectivity index (χ2n) is 7.59. The zero-order valence-corrected chi connectivity index (χ0v) is 16.7. The Bertz CT molecular complexity index is 1350. The van der Waals surface area contributed by atoms with Gasteiger partial charge in [-0.3, -0.25) is 0 Å². The molecular weight excluding hydrogens is 342 g/mol. The molecule has 3 nitrogen and oxygen atoms in total. The highest BCUT2D eigenvalue weighted by Gasteiger charge is 2.16. The molecule has 3 aromatic heterocycles. The maximum atomic E-state index is 5.14. The van der Waals surface area contributed by atoms with Crippen molar-refractivity contribution in [3.63, 3.8) is 0 Å². The summed E-state index contributed by atoms with van der Waals surface area (Å²) < 4.78 is 4.48. The summed E-state index contributed by atoms with van der Waals surface area (Å²) >= 11 is 0. The number of pyridine rings is 1. The Balaban J connectivity index is 1.77. The highest BCUT2D eigenvalue weighted by Crippen LogP contribution is 2.33. The van der Waals surface area contributed by atoms with E-state index in [1.807, 2.05) is 0 Å². The van der Waals surface area contributed by atoms with E-state index in [1.54, 1.807) is 0 Å². The summed E-state index contributed by atoms with van der Waals surface area (Å²) in [6, 6.07) is 23.7. The van der Waals surface area contributed by atoms with Crippen LogP contribution in [0.15, 0.2) is 66.7 Å². The molecule has 0 amide bonds. The SMILES string of the molecule is Cc1cc(-c2cc3ccccc3n2C)nc(-c2cc3ccccc3n2C)c1C. The van der Waals surface area contributed by atoms with Gasteiger partial charge in [0, 0.05) is 35.9 Å². The van der Waals surface area contributed by atoms with Crippen LogP contribution in [0.25, 0.3) is 44.6 Å². The molecule has 0 fully saturated rings. The maximum absolute atomic E-state index is 5.14. The third-order valence-corrected chi connectivity index (χ3v) is 5.94. The summed E-state index contributed by atoms with van der Waals surface area (Å²) in [5.74, 6) is 0. The molecule has 138 valence electrons. The van der Waals surface area contributed by atoms with E-state index in [2.05, 4.69) is 104 Å². The Hall–Kier alpha value is -3.33. The smallest absolute Gasteiger partial charge is 0.0906 e. The molecule has 28 heavy (non-hydrogen) atoms. The van der Waals surface area contributed by atoms with Crippen LogP contribution in [0.1, 0.15) is 11.1 Å². The molecule has 3 heterocycles. The Morgan fingerprint density at radius 2 is 1.21 bits per heavy atom. The van der Waals surface area contributed by atoms with E-state index < -0.39 is 0 Å². The average Bonchev–Trinajstić information content (AvgIpc) is 3.22. The van der Waals surface area contributed by atoms with Crippen molar-refractivity contribution >= 4 is 21.8 Å². The highest BCUT2D eigenvalue weighted by atomic mass is 15.0. The monoisotopic (exact) mass is 365 g/mol. The molecule has 0 N–H and O–H groups in total. The minimum absolute atomic E-state index is 1.02. The minimum atomic E-state index is 1.02. The predicted molar refractivity (Wildman–Crippen MR) is 118 cm³/mol. The van der Waals surface area contributed by atoms with Gasteiger partial charge in [0.05, 0.1) is 22.8 Å². The number of aryl methyl sites for hydroxylation is 3. The van der Waals surface area contributed by atoms with Crippen LogP contribution in [0.2, 0.25) is 0 Å². The first-order chi connectivity index (χ1) is 13.5. The molecule has 0 unspecified atom stereocenters. The number of nitrogens with zero attached hydrogens (tertiary/aromatic N) is 3. The van der Waals surface area contributed by atoms with Gasteiger partial charge in [-0.25, -0.2) is 4.98 Å². The van der Waals surface area contributed by atoms with Crippen LogP contribution in [0.4, 0.5) is 0 Å². The fourth-order valence-corrected chi connectivity index (χ4v) is 4.17. The predicted octanol–water partition coefficient (Wildman–Crippen LogP) is 6.02. The van der Waals surface area contributed by atoms with E-state index >= 15 is 0 Å². The lowest BCUT2D eigenvalue weighted by atomic mass is 10.0. The summed E-state index contributed by atoms with van der Waals surface area (Å²) in [4.78, 5) is 5.14. The third kappa shape index (κ3) is 2.40. The molecule has 0 aliphatic rings. The van der Waals surface area contributed by atoms with Gasteiger partial charge in [0.1, 0.15) is 0 Å². The van der Waals surface area contributed by atoms with Crippen molar-refractivity contribution in [2.75, 3.05) is 0 Å². The zero-order valence-electron chi connectivity index (χ0n) is 16.7. The maximum Gasteiger partial charge on any atom is 0.0906 e. The van der Waals surface area contributed by atoms with E-state index in [1.165, 1.54) is 32.9 Å². The molecule has 0 bridgehead atoms. The summed E-state index contributed by atoms with van der Waals surface area (Å²) in [5, 5.41) is 2.49. The molecule has 5 aromatic rings. The molecule has 0 spiro atoms. The van der Waals surface area contributed by atoms with Gasteiger partial charge in [-0.1, -0.05) is 36.4 Å². The lowest BCUT2D eigenvalue weighted by Gasteiger charge is -2.13. The van der Waals surface area contributed by atoms with Gasteiger partial charge in [-0.15, -0.1) is 0 Å². The molecule has 0 saturated carbocycles. The van der Waals surface area contributed by atoms with E-state index in [0.29, 0.717) is 0 Å². The number of hydrogen-bond acceptors (Lipinski definition) is 1. The number of rotatable bonds is 2. The molecular formula is C25H23N3. The van der Waals surface area contributed by atoms with E-state index in [0.717, 1.165) is 22.8 Å². The Morgan fingerprint density at radius 3 is 1.82 bits per heavy atom. The van der Waals surface area contributed by atoms with Gasteiger partial charge in [0.25, 0.3) is 0 Å². The lowest BCUT2D eigenvalue weighted by molar-refractivity contribution is 0.955. The molecule has 5 rings (SSSR count). The first-order valence-corrected chi connectivity index (χ1v) is 9.62. The highest BCUT2D eigenvalue weighted by molar-refractivity contribution is 5.89. The fourth-order valence-electron chi connectivity index (χ4n) is 4.17. The van der Waals surface area contributed by atoms with Gasteiger partial charge in [0.15, 0.2) is 0 Å². The standard InChI is InChI=1S/C25H23N3/c1-16-13-20(23-14-18-9-5-7-11-21(18)27(23)3)26-25(17(16)2)24-15-19-10-6-8-12-22(19)28(24)4/h5-15H,1-4H3. The first-order valence-electron chi connectivity index (χ1n) is 9.62. The fraction of sp³-hybridized carbons (Fsp3) is 0.160. The largest absolute Gasteiger partial charge is 0.342 e. The molecule has 0 atom stereocenters. The first kappa shape index (κ1) is 16.8. The van der Waals surface area contributed by atoms with Crippen LogP contribution < -0.4 is 0 Å². The molecule has 2 aromatic carbocycles. The van der Waals surface area contributed by atoms with Crippen LogP contribution in [-0.4, -0.2) is 14.1 Å². The van der Waals surface area contributed by atoms with Crippen LogP contribution in [0.5, 0.6) is 0 Å². The number of fused-ring (bicyclic) bond motifs is 2. The number of para-hydroxylation sites is 2. The van der Waals surface area contributed by atoms with Crippen molar-refractivity contribution in [1.29, 1.82) is 0 Å². The van der Waals surface area contributed by atoms with Crippen molar-refractivity contribution in [2.45, 2.75) is 13.8 Å². The van der Waals surface area contributed by atoms with Gasteiger partial charge in [-0.05, 0) is 55.3 Å². The molecule has 0 aliphatic heterocycles. The summed E-state index contributed by atoms with van der Waals surface area (Å²) in [5.41, 5.74) is 9.31. The topological polar surface area (TPSA) is 22.8 Å². The zero-order chi connectivity index (χ0) is 19.4. The Morgan fingerprint density at radius 1 is 0.679 bits per heavy atom. The van der Waals surface area contributed by atoms with E-state index in [-0.39, 0.29) is 0 Å². The minimum Gasteiger partial charge on any atom is -0.342 e. The van der Waals surface area contributed by atoms with Crippen molar-refractivity contribution in [1.82, 2.24) is 14.1 Å². The second-order valence-corrected chi connectivity index (χ2v) is 7.59. The molecule has 0 aliphatic carbocycles. The summed E-state index contributed by atoms with van der Waals surface area (Å²) in [6.45, 7) is 4.34. The number of benzene rings is 2. The van der Waals surface area contributed by atoms with Crippen molar-refractivity contribution in [3.8, 4) is 22.8 Å². The quantitative estimate of drug-likeness (QED) is 0.375. The summed E-state index contributed by atoms with van der Waals surface area (Å²) in [7, 11) is 4.24. The van der Waals surface area contributed by atoms with Crippen LogP contribution >= 0.6 is 0 Å². The number of aromatic nitrogens is 3. The van der Waals surface area contributed by atoms with Gasteiger partial charge in [-0.2, -0.15) is 0 Å². The van der Waals surface area contributed by atoms with Crippen molar-refractivity contribution < 1.29 is 0 Å². The van der Waals surface area contributed by atoms with Gasteiger partial charge < -0.3 is 9.13 Å². The van der Waals surface area contributed by atoms with Crippen LogP contribution in [0, 0.1) is 13.8 Å². The third-order valence-electron chi connectivity index (χ3n) is 5.94. The van der Waals surface area contributed by atoms with E-state index in [4.69, 9.17) is 4.98 Å². The van der Waals surface area contributed by atoms with Gasteiger partial charge >= 0.3 is 0 Å². The Labute approximate surface area is 164 Å². The van der Waals surface area contributed by atoms with Gasteiger partial charge in [0.2, 0.25) is 0 Å². The van der Waals surface area contributed by atoms with E-state index in [9.17, 15) is 0 Å². The molecule has 0 radical (unpaired) electrons. The summed E-state index contributed by atoms with van der Waals surface area (Å²) in [6.07, 6.45) is 0. The normalized spacial score (nSPS) is 11.6. The van der Waals surface area contributed by atoms with Crippen LogP contribution in [0.3, 0.4) is 0 Å². The Kier molecular flexibility index (Phi) is 3.66. The second kappa shape index (κ2) is 6.10. The number of hydrogen-bond donors (Lipinski definition) is 0. The lowest BCUT2D eigenvalue weighted by Crippen LogP contribution is -2.01. The molecule has 3 heteroatoms. The average molecular weight is 365 g/mol.